The summed E-state index contributed by atoms with van der Waals surface area (Å²) in [6, 6.07) is 4.28. The van der Waals surface area contributed by atoms with Crippen LogP contribution in [0.5, 0.6) is 0 Å². The van der Waals surface area contributed by atoms with Crippen molar-refractivity contribution >= 4 is 27.5 Å². The number of amides is 1. The molecule has 82 valence electrons. The Morgan fingerprint density at radius 1 is 1.53 bits per heavy atom. The Hall–Kier alpha value is -1.10. The van der Waals surface area contributed by atoms with Crippen molar-refractivity contribution in [3.05, 3.63) is 28.5 Å². The molecule has 0 radical (unpaired) electrons. The molecule has 0 fully saturated rings. The Morgan fingerprint density at radius 2 is 2.27 bits per heavy atom. The van der Waals surface area contributed by atoms with Crippen molar-refractivity contribution in [3.63, 3.8) is 0 Å². The first-order chi connectivity index (χ1) is 7.13. The van der Waals surface area contributed by atoms with Gasteiger partial charge in [0.1, 0.15) is 5.82 Å². The maximum atomic E-state index is 12.9. The second kappa shape index (κ2) is 5.70. The van der Waals surface area contributed by atoms with Crippen molar-refractivity contribution in [1.29, 1.82) is 0 Å². The number of halogens is 2. The highest BCUT2D eigenvalue weighted by atomic mass is 79.9. The fourth-order valence-electron chi connectivity index (χ4n) is 1.07. The van der Waals surface area contributed by atoms with E-state index < -0.39 is 0 Å². The smallest absolute Gasteiger partial charge is 0.239 e. The minimum atomic E-state index is -0.336. The Balaban J connectivity index is 2.57. The average molecular weight is 275 g/mol. The van der Waals surface area contributed by atoms with Crippen LogP contribution >= 0.6 is 15.9 Å². The molecule has 0 aliphatic heterocycles. The summed E-state index contributed by atoms with van der Waals surface area (Å²) >= 11 is 3.26. The quantitative estimate of drug-likeness (QED) is 0.883. The fourth-order valence-corrected chi connectivity index (χ4v) is 1.45. The van der Waals surface area contributed by atoms with E-state index in [4.69, 9.17) is 0 Å². The lowest BCUT2D eigenvalue weighted by Crippen LogP contribution is -2.29. The molecule has 0 aliphatic rings. The zero-order valence-electron chi connectivity index (χ0n) is 8.31. The lowest BCUT2D eigenvalue weighted by molar-refractivity contribution is -0.119. The molecule has 0 atom stereocenters. The summed E-state index contributed by atoms with van der Waals surface area (Å²) < 4.78 is 13.6. The fraction of sp³-hybridized carbons (Fsp3) is 0.300. The van der Waals surface area contributed by atoms with Gasteiger partial charge >= 0.3 is 0 Å². The third-order valence-electron chi connectivity index (χ3n) is 1.74. The average Bonchev–Trinajstić information content (AvgIpc) is 2.20. The molecule has 0 aromatic heterocycles. The van der Waals surface area contributed by atoms with E-state index in [0.29, 0.717) is 12.2 Å². The third-order valence-corrected chi connectivity index (χ3v) is 2.43. The molecule has 2 N–H and O–H groups in total. The molecule has 0 heterocycles. The molecule has 0 unspecified atom stereocenters. The number of carbonyl (C=O) groups excluding carboxylic acids is 1. The summed E-state index contributed by atoms with van der Waals surface area (Å²) in [7, 11) is 0. The summed E-state index contributed by atoms with van der Waals surface area (Å²) in [4.78, 5) is 11.1. The van der Waals surface area contributed by atoms with Crippen molar-refractivity contribution in [2.75, 3.05) is 18.4 Å². The number of benzene rings is 1. The molecule has 1 rings (SSSR count). The molecular formula is C10H12BrFN2O. The topological polar surface area (TPSA) is 41.1 Å². The maximum absolute atomic E-state index is 12.9. The van der Waals surface area contributed by atoms with Crippen LogP contribution in [-0.4, -0.2) is 19.0 Å². The normalized spacial score (nSPS) is 9.80. The molecule has 5 heteroatoms. The van der Waals surface area contributed by atoms with Crippen LogP contribution in [0.4, 0.5) is 10.1 Å². The molecule has 1 amide bonds. The van der Waals surface area contributed by atoms with E-state index in [2.05, 4.69) is 26.6 Å². The minimum absolute atomic E-state index is 0.117. The molecule has 0 aliphatic carbocycles. The van der Waals surface area contributed by atoms with Gasteiger partial charge in [0, 0.05) is 11.0 Å². The van der Waals surface area contributed by atoms with Gasteiger partial charge in [0.15, 0.2) is 0 Å². The van der Waals surface area contributed by atoms with Gasteiger partial charge in [-0.1, -0.05) is 0 Å². The Morgan fingerprint density at radius 3 is 2.93 bits per heavy atom. The Bertz CT molecular complexity index is 357. The highest BCUT2D eigenvalue weighted by Gasteiger charge is 2.03. The lowest BCUT2D eigenvalue weighted by Gasteiger charge is -2.08. The Labute approximate surface area is 96.2 Å². The van der Waals surface area contributed by atoms with Gasteiger partial charge in [-0.3, -0.25) is 4.79 Å². The van der Waals surface area contributed by atoms with Gasteiger partial charge in [-0.05, 0) is 41.1 Å². The molecule has 1 aromatic carbocycles. The molecule has 3 nitrogen and oxygen atoms in total. The van der Waals surface area contributed by atoms with Gasteiger partial charge in [0.2, 0.25) is 5.91 Å². The SMILES string of the molecule is CCNC(=O)CNc1cc(F)ccc1Br. The summed E-state index contributed by atoms with van der Waals surface area (Å²) in [5.74, 6) is -0.453. The van der Waals surface area contributed by atoms with E-state index in [-0.39, 0.29) is 18.3 Å². The third kappa shape index (κ3) is 3.87. The summed E-state index contributed by atoms with van der Waals surface area (Å²) in [6.07, 6.45) is 0. The minimum Gasteiger partial charge on any atom is -0.375 e. The van der Waals surface area contributed by atoms with E-state index in [1.807, 2.05) is 6.92 Å². The van der Waals surface area contributed by atoms with E-state index >= 15 is 0 Å². The Kier molecular flexibility index (Phi) is 4.55. The predicted molar refractivity (Wildman–Crippen MR) is 61.3 cm³/mol. The molecule has 0 saturated heterocycles. The van der Waals surface area contributed by atoms with Gasteiger partial charge in [-0.2, -0.15) is 0 Å². The number of hydrogen-bond donors (Lipinski definition) is 2. The van der Waals surface area contributed by atoms with Crippen LogP contribution in [0, 0.1) is 5.82 Å². The van der Waals surface area contributed by atoms with Crippen LogP contribution in [0.25, 0.3) is 0 Å². The van der Waals surface area contributed by atoms with Crippen molar-refractivity contribution < 1.29 is 9.18 Å². The van der Waals surface area contributed by atoms with Crippen LogP contribution in [0.3, 0.4) is 0 Å². The highest BCUT2D eigenvalue weighted by molar-refractivity contribution is 9.10. The van der Waals surface area contributed by atoms with E-state index in [1.54, 1.807) is 6.07 Å². The van der Waals surface area contributed by atoms with Crippen LogP contribution in [-0.2, 0) is 4.79 Å². The first-order valence-electron chi connectivity index (χ1n) is 4.59. The number of anilines is 1. The number of likely N-dealkylation sites (N-methyl/N-ethyl adjacent to an activating group) is 1. The van der Waals surface area contributed by atoms with Gasteiger partial charge in [0.05, 0.1) is 12.2 Å². The lowest BCUT2D eigenvalue weighted by atomic mass is 10.3. The summed E-state index contributed by atoms with van der Waals surface area (Å²) in [5.41, 5.74) is 0.571. The van der Waals surface area contributed by atoms with Gasteiger partial charge < -0.3 is 10.6 Å². The summed E-state index contributed by atoms with van der Waals surface area (Å²) in [5, 5.41) is 5.48. The first kappa shape index (κ1) is 12.0. The molecule has 0 spiro atoms. The second-order valence-electron chi connectivity index (χ2n) is 2.93. The monoisotopic (exact) mass is 274 g/mol. The van der Waals surface area contributed by atoms with E-state index in [0.717, 1.165) is 4.47 Å². The zero-order chi connectivity index (χ0) is 11.3. The van der Waals surface area contributed by atoms with Crippen molar-refractivity contribution in [2.45, 2.75) is 6.92 Å². The molecule has 1 aromatic rings. The van der Waals surface area contributed by atoms with Crippen molar-refractivity contribution in [1.82, 2.24) is 5.32 Å². The van der Waals surface area contributed by atoms with Crippen molar-refractivity contribution in [2.24, 2.45) is 0 Å². The van der Waals surface area contributed by atoms with Crippen LogP contribution in [0.1, 0.15) is 6.92 Å². The van der Waals surface area contributed by atoms with E-state index in [1.165, 1.54) is 12.1 Å². The second-order valence-corrected chi connectivity index (χ2v) is 3.79. The standard InChI is InChI=1S/C10H12BrFN2O/c1-2-13-10(15)6-14-9-5-7(12)3-4-8(9)11/h3-5,14H,2,6H2,1H3,(H,13,15). The predicted octanol–water partition coefficient (Wildman–Crippen LogP) is 2.14. The van der Waals surface area contributed by atoms with Gasteiger partial charge in [-0.15, -0.1) is 0 Å². The zero-order valence-corrected chi connectivity index (χ0v) is 9.90. The molecule has 15 heavy (non-hydrogen) atoms. The van der Waals surface area contributed by atoms with Crippen LogP contribution < -0.4 is 10.6 Å². The molecule has 0 bridgehead atoms. The largest absolute Gasteiger partial charge is 0.375 e. The summed E-state index contributed by atoms with van der Waals surface area (Å²) in [6.45, 7) is 2.57. The first-order valence-corrected chi connectivity index (χ1v) is 5.38. The number of hydrogen-bond acceptors (Lipinski definition) is 2. The van der Waals surface area contributed by atoms with Crippen LogP contribution in [0.15, 0.2) is 22.7 Å². The van der Waals surface area contributed by atoms with Crippen LogP contribution in [0.2, 0.25) is 0 Å². The highest BCUT2D eigenvalue weighted by Crippen LogP contribution is 2.22. The number of carbonyl (C=O) groups is 1. The van der Waals surface area contributed by atoms with Crippen molar-refractivity contribution in [3.8, 4) is 0 Å². The molecule has 0 saturated carbocycles. The maximum Gasteiger partial charge on any atom is 0.239 e. The molecular weight excluding hydrogens is 263 g/mol. The number of rotatable bonds is 4. The van der Waals surface area contributed by atoms with Gasteiger partial charge in [0.25, 0.3) is 0 Å². The van der Waals surface area contributed by atoms with Gasteiger partial charge in [-0.25, -0.2) is 4.39 Å². The van der Waals surface area contributed by atoms with E-state index in [9.17, 15) is 9.18 Å². The number of nitrogens with one attached hydrogen (secondary N) is 2.